The number of fused-ring (bicyclic) bond motifs is 1. The summed E-state index contributed by atoms with van der Waals surface area (Å²) in [6.07, 6.45) is 0. The molecule has 0 unspecified atom stereocenters. The van der Waals surface area contributed by atoms with E-state index >= 15 is 0 Å². The number of ether oxygens (including phenoxy) is 1. The number of aromatic amines is 1. The van der Waals surface area contributed by atoms with E-state index in [9.17, 15) is 18.0 Å². The largest absolute Gasteiger partial charge is 0.379 e. The summed E-state index contributed by atoms with van der Waals surface area (Å²) < 4.78 is 34.5. The first-order chi connectivity index (χ1) is 20.7. The van der Waals surface area contributed by atoms with E-state index in [4.69, 9.17) is 16.3 Å². The maximum absolute atomic E-state index is 13.4. The van der Waals surface area contributed by atoms with Crippen molar-refractivity contribution in [1.29, 1.82) is 0 Å². The molecule has 43 heavy (non-hydrogen) atoms. The molecule has 1 aliphatic rings. The summed E-state index contributed by atoms with van der Waals surface area (Å²) in [5, 5.41) is 20.7. The lowest BCUT2D eigenvalue weighted by Crippen LogP contribution is -2.40. The zero-order chi connectivity index (χ0) is 30.1. The zero-order valence-corrected chi connectivity index (χ0v) is 24.3. The SMILES string of the molecule is Cn1c(C(=O)Nc2ccc(Cl)cc2-c2nnn[nH]2)cc2cccc(NC(=O)c3cccc(S(=O)(=O)N4CCOCC4)c3)c21. The Bertz CT molecular complexity index is 1950. The van der Waals surface area contributed by atoms with Gasteiger partial charge in [0, 0.05) is 41.7 Å². The van der Waals surface area contributed by atoms with Crippen LogP contribution in [0.15, 0.2) is 71.6 Å². The minimum absolute atomic E-state index is 0.0285. The van der Waals surface area contributed by atoms with Gasteiger partial charge in [-0.3, -0.25) is 9.59 Å². The lowest BCUT2D eigenvalue weighted by Gasteiger charge is -2.26. The van der Waals surface area contributed by atoms with E-state index in [-0.39, 0.29) is 23.5 Å². The summed E-state index contributed by atoms with van der Waals surface area (Å²) in [6, 6.07) is 17.8. The molecule has 13 nitrogen and oxygen atoms in total. The van der Waals surface area contributed by atoms with Crippen LogP contribution in [0.3, 0.4) is 0 Å². The lowest BCUT2D eigenvalue weighted by molar-refractivity contribution is 0.0730. The number of aromatic nitrogens is 5. The van der Waals surface area contributed by atoms with Gasteiger partial charge in [-0.2, -0.15) is 4.31 Å². The standard InChI is InChI=1S/C28H25ClN8O5S/c1-36-24(28(39)30-22-9-8-19(29)16-21(22)26-32-34-35-33-26)15-17-4-3-7-23(25(17)36)31-27(38)18-5-2-6-20(14-18)43(40,41)37-10-12-42-13-11-37/h2-9,14-16H,10-13H2,1H3,(H,30,39)(H,31,38)(H,32,33,34,35). The van der Waals surface area contributed by atoms with Crippen molar-refractivity contribution in [2.24, 2.45) is 7.05 Å². The van der Waals surface area contributed by atoms with Crippen LogP contribution in [0.1, 0.15) is 20.8 Å². The van der Waals surface area contributed by atoms with Crippen molar-refractivity contribution in [3.63, 3.8) is 0 Å². The zero-order valence-electron chi connectivity index (χ0n) is 22.7. The smallest absolute Gasteiger partial charge is 0.272 e. The predicted molar refractivity (Wildman–Crippen MR) is 159 cm³/mol. The Morgan fingerprint density at radius 1 is 0.953 bits per heavy atom. The van der Waals surface area contributed by atoms with Crippen LogP contribution >= 0.6 is 11.6 Å². The van der Waals surface area contributed by atoms with Gasteiger partial charge in [-0.25, -0.2) is 13.5 Å². The van der Waals surface area contributed by atoms with Gasteiger partial charge in [0.2, 0.25) is 10.0 Å². The second-order valence-corrected chi connectivity index (χ2v) is 12.1. The van der Waals surface area contributed by atoms with E-state index < -0.39 is 21.8 Å². The summed E-state index contributed by atoms with van der Waals surface area (Å²) in [4.78, 5) is 26.8. The molecule has 2 aromatic heterocycles. The number of hydrogen-bond acceptors (Lipinski definition) is 8. The highest BCUT2D eigenvalue weighted by atomic mass is 35.5. The Morgan fingerprint density at radius 2 is 1.72 bits per heavy atom. The van der Waals surface area contributed by atoms with E-state index in [0.29, 0.717) is 57.6 Å². The third kappa shape index (κ3) is 5.60. The van der Waals surface area contributed by atoms with Gasteiger partial charge in [0.15, 0.2) is 5.82 Å². The summed E-state index contributed by atoms with van der Waals surface area (Å²) >= 11 is 6.17. The number of anilines is 2. The molecule has 2 amide bonds. The first kappa shape index (κ1) is 28.5. The van der Waals surface area contributed by atoms with Crippen molar-refractivity contribution in [3.8, 4) is 11.4 Å². The molecule has 3 aromatic carbocycles. The Kier molecular flexibility index (Phi) is 7.66. The molecule has 0 saturated carbocycles. The molecule has 1 saturated heterocycles. The fraction of sp³-hybridized carbons (Fsp3) is 0.179. The van der Waals surface area contributed by atoms with Crippen molar-refractivity contribution in [1.82, 2.24) is 29.5 Å². The maximum atomic E-state index is 13.4. The minimum Gasteiger partial charge on any atom is -0.379 e. The molecular weight excluding hydrogens is 596 g/mol. The molecular formula is C28H25ClN8O5S. The van der Waals surface area contributed by atoms with Crippen LogP contribution in [-0.4, -0.2) is 76.0 Å². The summed E-state index contributed by atoms with van der Waals surface area (Å²) in [5.41, 5.74) is 2.51. The Morgan fingerprint density at radius 3 is 2.49 bits per heavy atom. The van der Waals surface area contributed by atoms with Crippen molar-refractivity contribution in [3.05, 3.63) is 83.0 Å². The molecule has 0 radical (unpaired) electrons. The highest BCUT2D eigenvalue weighted by Gasteiger charge is 2.27. The second kappa shape index (κ2) is 11.6. The minimum atomic E-state index is -3.78. The van der Waals surface area contributed by atoms with Crippen LogP contribution in [-0.2, 0) is 21.8 Å². The number of rotatable bonds is 7. The fourth-order valence-electron chi connectivity index (χ4n) is 4.94. The van der Waals surface area contributed by atoms with Crippen LogP contribution in [0.4, 0.5) is 11.4 Å². The third-order valence-electron chi connectivity index (χ3n) is 7.07. The van der Waals surface area contributed by atoms with E-state index in [1.54, 1.807) is 54.1 Å². The van der Waals surface area contributed by atoms with E-state index in [0.717, 1.165) is 0 Å². The topological polar surface area (TPSA) is 164 Å². The highest BCUT2D eigenvalue weighted by molar-refractivity contribution is 7.89. The average molecular weight is 621 g/mol. The fourth-order valence-corrected chi connectivity index (χ4v) is 6.57. The molecule has 5 aromatic rings. The number of carbonyl (C=O) groups excluding carboxylic acids is 2. The summed E-state index contributed by atoms with van der Waals surface area (Å²) in [6.45, 7) is 1.14. The molecule has 0 atom stereocenters. The number of amides is 2. The van der Waals surface area contributed by atoms with Crippen LogP contribution in [0.5, 0.6) is 0 Å². The van der Waals surface area contributed by atoms with Gasteiger partial charge in [0.05, 0.1) is 35.0 Å². The molecule has 0 spiro atoms. The second-order valence-electron chi connectivity index (χ2n) is 9.72. The lowest BCUT2D eigenvalue weighted by atomic mass is 10.1. The van der Waals surface area contributed by atoms with Gasteiger partial charge >= 0.3 is 0 Å². The molecule has 0 aliphatic carbocycles. The molecule has 3 N–H and O–H groups in total. The van der Waals surface area contributed by atoms with Crippen LogP contribution in [0.25, 0.3) is 22.3 Å². The van der Waals surface area contributed by atoms with E-state index in [1.807, 2.05) is 6.07 Å². The molecule has 1 fully saturated rings. The molecule has 220 valence electrons. The number of morpholine rings is 1. The number of H-pyrrole nitrogens is 1. The van der Waals surface area contributed by atoms with Crippen molar-refractivity contribution >= 4 is 55.7 Å². The molecule has 1 aliphatic heterocycles. The number of nitrogens with one attached hydrogen (secondary N) is 3. The molecule has 15 heteroatoms. The highest BCUT2D eigenvalue weighted by Crippen LogP contribution is 2.31. The van der Waals surface area contributed by atoms with Gasteiger partial charge in [-0.15, -0.1) is 5.10 Å². The molecule has 0 bridgehead atoms. The van der Waals surface area contributed by atoms with Gasteiger partial charge < -0.3 is 19.9 Å². The predicted octanol–water partition coefficient (Wildman–Crippen LogP) is 3.54. The van der Waals surface area contributed by atoms with Gasteiger partial charge in [-0.05, 0) is 59.0 Å². The van der Waals surface area contributed by atoms with Crippen molar-refractivity contribution < 1.29 is 22.7 Å². The Balaban J connectivity index is 1.27. The van der Waals surface area contributed by atoms with Gasteiger partial charge in [-0.1, -0.05) is 29.8 Å². The number of para-hydroxylation sites is 1. The quantitative estimate of drug-likeness (QED) is 0.249. The number of halogens is 1. The Hall–Kier alpha value is -4.63. The number of benzene rings is 3. The summed E-state index contributed by atoms with van der Waals surface area (Å²) in [7, 11) is -2.07. The van der Waals surface area contributed by atoms with Crippen LogP contribution < -0.4 is 10.6 Å². The number of tetrazole rings is 1. The van der Waals surface area contributed by atoms with Gasteiger partial charge in [0.25, 0.3) is 11.8 Å². The third-order valence-corrected chi connectivity index (χ3v) is 9.20. The number of sulfonamides is 1. The van der Waals surface area contributed by atoms with Crippen LogP contribution in [0, 0.1) is 0 Å². The van der Waals surface area contributed by atoms with Crippen molar-refractivity contribution in [2.75, 3.05) is 36.9 Å². The average Bonchev–Trinajstić information content (AvgIpc) is 3.67. The maximum Gasteiger partial charge on any atom is 0.272 e. The van der Waals surface area contributed by atoms with E-state index in [1.165, 1.54) is 22.5 Å². The number of aryl methyl sites for hydroxylation is 1. The monoisotopic (exact) mass is 620 g/mol. The number of hydrogen-bond donors (Lipinski definition) is 3. The Labute approximate surface area is 250 Å². The van der Waals surface area contributed by atoms with Crippen LogP contribution in [0.2, 0.25) is 5.02 Å². The number of carbonyl (C=O) groups is 2. The number of nitrogens with zero attached hydrogens (tertiary/aromatic N) is 5. The van der Waals surface area contributed by atoms with E-state index in [2.05, 4.69) is 31.3 Å². The van der Waals surface area contributed by atoms with Crippen molar-refractivity contribution in [2.45, 2.75) is 4.90 Å². The first-order valence-corrected chi connectivity index (χ1v) is 15.0. The normalized spacial score (nSPS) is 14.1. The first-order valence-electron chi connectivity index (χ1n) is 13.1. The molecule has 3 heterocycles. The van der Waals surface area contributed by atoms with Gasteiger partial charge in [0.1, 0.15) is 5.69 Å². The molecule has 6 rings (SSSR count). The summed E-state index contributed by atoms with van der Waals surface area (Å²) in [5.74, 6) is -0.570.